The number of aromatic nitrogens is 4. The van der Waals surface area contributed by atoms with Gasteiger partial charge in [0, 0.05) is 11.4 Å². The van der Waals surface area contributed by atoms with Gasteiger partial charge in [0.1, 0.15) is 22.7 Å². The summed E-state index contributed by atoms with van der Waals surface area (Å²) in [4.78, 5) is 14.3. The second-order valence-electron chi connectivity index (χ2n) is 4.32. The maximum Gasteiger partial charge on any atom is 0.182 e. The zero-order valence-electron chi connectivity index (χ0n) is 11.2. The molecule has 20 heavy (non-hydrogen) atoms. The van der Waals surface area contributed by atoms with Crippen LogP contribution in [0.3, 0.4) is 0 Å². The van der Waals surface area contributed by atoms with Crippen molar-refractivity contribution in [2.45, 2.75) is 23.4 Å². The number of allylic oxidation sites excluding steroid dienone is 1. The lowest BCUT2D eigenvalue weighted by Crippen LogP contribution is -1.99. The summed E-state index contributed by atoms with van der Waals surface area (Å²) in [6.07, 6.45) is 3.43. The first-order chi connectivity index (χ1) is 9.79. The normalized spacial score (nSPS) is 10.8. The maximum atomic E-state index is 4.48. The van der Waals surface area contributed by atoms with Crippen molar-refractivity contribution in [3.8, 4) is 0 Å². The topological polar surface area (TPSA) is 43.6 Å². The highest BCUT2D eigenvalue weighted by Gasteiger charge is 2.13. The van der Waals surface area contributed by atoms with Gasteiger partial charge in [-0.1, -0.05) is 36.0 Å². The van der Waals surface area contributed by atoms with Crippen LogP contribution in [0.4, 0.5) is 0 Å². The van der Waals surface area contributed by atoms with E-state index < -0.39 is 0 Å². The average Bonchev–Trinajstić information content (AvgIpc) is 2.78. The Morgan fingerprint density at radius 3 is 2.80 bits per heavy atom. The van der Waals surface area contributed by atoms with E-state index in [9.17, 15) is 0 Å². The molecule has 3 rings (SSSR count). The van der Waals surface area contributed by atoms with Crippen molar-refractivity contribution in [2.75, 3.05) is 0 Å². The van der Waals surface area contributed by atoms with Crippen LogP contribution in [0, 0.1) is 6.92 Å². The Kier molecular flexibility index (Phi) is 3.52. The van der Waals surface area contributed by atoms with Gasteiger partial charge >= 0.3 is 0 Å². The number of aryl methyl sites for hydroxylation is 1. The molecule has 0 aliphatic carbocycles. The summed E-state index contributed by atoms with van der Waals surface area (Å²) < 4.78 is 2.09. The summed E-state index contributed by atoms with van der Waals surface area (Å²) in [6, 6.07) is 10.2. The van der Waals surface area contributed by atoms with Crippen molar-refractivity contribution in [3.05, 3.63) is 55.1 Å². The molecule has 0 saturated heterocycles. The summed E-state index contributed by atoms with van der Waals surface area (Å²) >= 11 is 1.62. The van der Waals surface area contributed by atoms with Crippen LogP contribution in [-0.4, -0.2) is 19.5 Å². The molecule has 0 aliphatic heterocycles. The highest BCUT2D eigenvalue weighted by molar-refractivity contribution is 7.99. The van der Waals surface area contributed by atoms with Crippen LogP contribution < -0.4 is 0 Å². The molecule has 3 aromatic rings. The first-order valence-electron chi connectivity index (χ1n) is 6.31. The van der Waals surface area contributed by atoms with Crippen LogP contribution in [0.25, 0.3) is 11.2 Å². The number of hydrogen-bond acceptors (Lipinski definition) is 4. The van der Waals surface area contributed by atoms with Gasteiger partial charge in [0.15, 0.2) is 5.65 Å². The molecular formula is C15H14N4S. The van der Waals surface area contributed by atoms with Crippen LogP contribution in [0.5, 0.6) is 0 Å². The van der Waals surface area contributed by atoms with Gasteiger partial charge < -0.3 is 4.57 Å². The molecule has 5 heteroatoms. The molecule has 0 amide bonds. The quantitative estimate of drug-likeness (QED) is 0.543. The number of nitrogens with zero attached hydrogens (tertiary/aromatic N) is 4. The van der Waals surface area contributed by atoms with Crippen LogP contribution in [0.2, 0.25) is 0 Å². The fourth-order valence-corrected chi connectivity index (χ4v) is 2.99. The predicted molar refractivity (Wildman–Crippen MR) is 80.8 cm³/mol. The van der Waals surface area contributed by atoms with E-state index in [-0.39, 0.29) is 0 Å². The molecule has 1 aromatic carbocycles. The molecule has 2 aromatic heterocycles. The third kappa shape index (κ3) is 2.32. The minimum atomic E-state index is 0.706. The third-order valence-corrected chi connectivity index (χ3v) is 3.97. The van der Waals surface area contributed by atoms with E-state index in [4.69, 9.17) is 0 Å². The number of benzene rings is 1. The van der Waals surface area contributed by atoms with Crippen molar-refractivity contribution in [1.29, 1.82) is 0 Å². The Hall–Kier alpha value is -2.14. The summed E-state index contributed by atoms with van der Waals surface area (Å²) in [7, 11) is 0. The molecule has 0 fully saturated rings. The van der Waals surface area contributed by atoms with Crippen molar-refractivity contribution >= 4 is 22.9 Å². The van der Waals surface area contributed by atoms with Gasteiger partial charge in [0.05, 0.1) is 0 Å². The Labute approximate surface area is 121 Å². The van der Waals surface area contributed by atoms with Crippen LogP contribution in [0.1, 0.15) is 5.82 Å². The van der Waals surface area contributed by atoms with E-state index >= 15 is 0 Å². The Morgan fingerprint density at radius 1 is 1.25 bits per heavy atom. The summed E-state index contributed by atoms with van der Waals surface area (Å²) in [5.41, 5.74) is 1.71. The number of rotatable bonds is 4. The van der Waals surface area contributed by atoms with Gasteiger partial charge in [-0.15, -0.1) is 6.58 Å². The van der Waals surface area contributed by atoms with E-state index in [1.165, 1.54) is 0 Å². The zero-order chi connectivity index (χ0) is 13.9. The van der Waals surface area contributed by atoms with E-state index in [1.54, 1.807) is 18.1 Å². The Bertz CT molecular complexity index is 749. The number of hydrogen-bond donors (Lipinski definition) is 0. The van der Waals surface area contributed by atoms with Gasteiger partial charge in [0.2, 0.25) is 0 Å². The Morgan fingerprint density at radius 2 is 2.05 bits per heavy atom. The van der Waals surface area contributed by atoms with Crippen molar-refractivity contribution in [3.63, 3.8) is 0 Å². The average molecular weight is 282 g/mol. The molecule has 0 spiro atoms. The molecule has 0 bridgehead atoms. The van der Waals surface area contributed by atoms with Crippen LogP contribution in [0.15, 0.2) is 59.2 Å². The third-order valence-electron chi connectivity index (χ3n) is 2.97. The van der Waals surface area contributed by atoms with Gasteiger partial charge in [-0.2, -0.15) is 0 Å². The monoisotopic (exact) mass is 282 g/mol. The number of imidazole rings is 1. The van der Waals surface area contributed by atoms with E-state index in [0.717, 1.165) is 26.9 Å². The molecule has 0 radical (unpaired) electrons. The van der Waals surface area contributed by atoms with E-state index in [0.29, 0.717) is 6.54 Å². The molecule has 0 N–H and O–H groups in total. The highest BCUT2D eigenvalue weighted by Crippen LogP contribution is 2.31. The second-order valence-corrected chi connectivity index (χ2v) is 5.39. The lowest BCUT2D eigenvalue weighted by atomic mass is 10.4. The Balaban J connectivity index is 2.12. The summed E-state index contributed by atoms with van der Waals surface area (Å²) in [6.45, 7) is 6.48. The minimum Gasteiger partial charge on any atom is -0.321 e. The zero-order valence-corrected chi connectivity index (χ0v) is 12.0. The molecule has 0 saturated carbocycles. The van der Waals surface area contributed by atoms with Gasteiger partial charge in [-0.3, -0.25) is 0 Å². The highest BCUT2D eigenvalue weighted by atomic mass is 32.2. The lowest BCUT2D eigenvalue weighted by molar-refractivity contribution is 0.798. The molecule has 0 aliphatic rings. The number of fused-ring (bicyclic) bond motifs is 1. The van der Waals surface area contributed by atoms with E-state index in [1.807, 2.05) is 31.2 Å². The van der Waals surface area contributed by atoms with E-state index in [2.05, 4.69) is 38.2 Å². The molecule has 2 heterocycles. The maximum absolute atomic E-state index is 4.48. The SMILES string of the molecule is C=CCn1c(C)nc2ncnc(Sc3ccccc3)c21. The first kappa shape index (κ1) is 12.9. The molecule has 4 nitrogen and oxygen atoms in total. The summed E-state index contributed by atoms with van der Waals surface area (Å²) in [5, 5.41) is 0.920. The standard InChI is InChI=1S/C15H14N4S/c1-3-9-19-11(2)18-14-13(19)15(17-10-16-14)20-12-7-5-4-6-8-12/h3-8,10H,1,9H2,2H3. The van der Waals surface area contributed by atoms with Crippen LogP contribution in [-0.2, 0) is 6.54 Å². The van der Waals surface area contributed by atoms with Crippen LogP contribution >= 0.6 is 11.8 Å². The summed E-state index contributed by atoms with van der Waals surface area (Å²) in [5.74, 6) is 0.926. The van der Waals surface area contributed by atoms with Crippen molar-refractivity contribution < 1.29 is 0 Å². The minimum absolute atomic E-state index is 0.706. The van der Waals surface area contributed by atoms with Gasteiger partial charge in [-0.25, -0.2) is 15.0 Å². The van der Waals surface area contributed by atoms with Gasteiger partial charge in [-0.05, 0) is 19.1 Å². The second kappa shape index (κ2) is 5.46. The predicted octanol–water partition coefficient (Wildman–Crippen LogP) is 3.47. The lowest BCUT2D eigenvalue weighted by Gasteiger charge is -2.06. The fraction of sp³-hybridized carbons (Fsp3) is 0.133. The van der Waals surface area contributed by atoms with Crippen molar-refractivity contribution in [1.82, 2.24) is 19.5 Å². The molecule has 0 atom stereocenters. The molecule has 100 valence electrons. The van der Waals surface area contributed by atoms with Gasteiger partial charge in [0.25, 0.3) is 0 Å². The largest absolute Gasteiger partial charge is 0.321 e. The first-order valence-corrected chi connectivity index (χ1v) is 7.13. The smallest absolute Gasteiger partial charge is 0.182 e. The molecule has 0 unspecified atom stereocenters. The fourth-order valence-electron chi connectivity index (χ4n) is 2.07. The molecular weight excluding hydrogens is 268 g/mol. The van der Waals surface area contributed by atoms with Crippen molar-refractivity contribution in [2.24, 2.45) is 0 Å².